The number of rotatable bonds is 6. The Hall–Kier alpha value is -0.570. The SMILES string of the molecule is CC1CCCC(CCNC(=O)CCC2CCNCC2)C1. The van der Waals surface area contributed by atoms with Gasteiger partial charge in [0.05, 0.1) is 0 Å². The third-order valence-electron chi connectivity index (χ3n) is 5.16. The fourth-order valence-electron chi connectivity index (χ4n) is 3.83. The number of carbonyl (C=O) groups excluding carboxylic acids is 1. The van der Waals surface area contributed by atoms with Crippen molar-refractivity contribution >= 4 is 5.91 Å². The largest absolute Gasteiger partial charge is 0.356 e. The van der Waals surface area contributed by atoms with Crippen molar-refractivity contribution in [2.75, 3.05) is 19.6 Å². The molecule has 2 unspecified atom stereocenters. The van der Waals surface area contributed by atoms with Crippen LogP contribution in [0.4, 0.5) is 0 Å². The van der Waals surface area contributed by atoms with E-state index in [2.05, 4.69) is 17.6 Å². The maximum Gasteiger partial charge on any atom is 0.220 e. The molecule has 1 aliphatic carbocycles. The third-order valence-corrected chi connectivity index (χ3v) is 5.16. The van der Waals surface area contributed by atoms with Crippen LogP contribution in [0.3, 0.4) is 0 Å². The van der Waals surface area contributed by atoms with Crippen molar-refractivity contribution in [2.24, 2.45) is 17.8 Å². The van der Waals surface area contributed by atoms with Gasteiger partial charge in [0.2, 0.25) is 5.91 Å². The van der Waals surface area contributed by atoms with Crippen molar-refractivity contribution in [3.63, 3.8) is 0 Å². The number of hydrogen-bond acceptors (Lipinski definition) is 2. The summed E-state index contributed by atoms with van der Waals surface area (Å²) in [4.78, 5) is 11.9. The van der Waals surface area contributed by atoms with Crippen LogP contribution in [0.2, 0.25) is 0 Å². The van der Waals surface area contributed by atoms with E-state index in [9.17, 15) is 4.79 Å². The third kappa shape index (κ3) is 5.82. The van der Waals surface area contributed by atoms with Gasteiger partial charge >= 0.3 is 0 Å². The fourth-order valence-corrected chi connectivity index (χ4v) is 3.83. The quantitative estimate of drug-likeness (QED) is 0.785. The topological polar surface area (TPSA) is 41.1 Å². The van der Waals surface area contributed by atoms with Crippen LogP contribution in [0.15, 0.2) is 0 Å². The highest BCUT2D eigenvalue weighted by Gasteiger charge is 2.19. The van der Waals surface area contributed by atoms with E-state index >= 15 is 0 Å². The van der Waals surface area contributed by atoms with Gasteiger partial charge in [0.25, 0.3) is 0 Å². The molecule has 0 spiro atoms. The Bertz CT molecular complexity index is 287. The molecule has 20 heavy (non-hydrogen) atoms. The molecule has 2 atom stereocenters. The first kappa shape index (κ1) is 15.8. The molecule has 2 fully saturated rings. The second kappa shape index (κ2) is 8.66. The normalized spacial score (nSPS) is 28.2. The van der Waals surface area contributed by atoms with E-state index < -0.39 is 0 Å². The van der Waals surface area contributed by atoms with Gasteiger partial charge in [0.15, 0.2) is 0 Å². The van der Waals surface area contributed by atoms with Crippen LogP contribution in [0, 0.1) is 17.8 Å². The first-order valence-corrected chi connectivity index (χ1v) is 8.71. The Balaban J connectivity index is 1.51. The number of piperidine rings is 1. The molecule has 2 rings (SSSR count). The second-order valence-corrected chi connectivity index (χ2v) is 7.01. The van der Waals surface area contributed by atoms with Crippen LogP contribution in [0.5, 0.6) is 0 Å². The van der Waals surface area contributed by atoms with Crippen molar-refractivity contribution in [1.82, 2.24) is 10.6 Å². The molecule has 2 aliphatic rings. The molecule has 0 aromatic rings. The highest BCUT2D eigenvalue weighted by molar-refractivity contribution is 5.75. The summed E-state index contributed by atoms with van der Waals surface area (Å²) >= 11 is 0. The van der Waals surface area contributed by atoms with Crippen LogP contribution in [0.25, 0.3) is 0 Å². The highest BCUT2D eigenvalue weighted by Crippen LogP contribution is 2.30. The molecule has 1 aliphatic heterocycles. The average Bonchev–Trinajstić information content (AvgIpc) is 2.46. The molecule has 1 saturated heterocycles. The lowest BCUT2D eigenvalue weighted by Gasteiger charge is -2.26. The van der Waals surface area contributed by atoms with Gasteiger partial charge in [-0.25, -0.2) is 0 Å². The zero-order valence-corrected chi connectivity index (χ0v) is 13.1. The van der Waals surface area contributed by atoms with Crippen molar-refractivity contribution in [2.45, 2.75) is 64.7 Å². The van der Waals surface area contributed by atoms with Gasteiger partial charge in [0.1, 0.15) is 0 Å². The molecule has 1 saturated carbocycles. The summed E-state index contributed by atoms with van der Waals surface area (Å²) < 4.78 is 0. The molecule has 2 N–H and O–H groups in total. The van der Waals surface area contributed by atoms with Crippen molar-refractivity contribution in [3.05, 3.63) is 0 Å². The van der Waals surface area contributed by atoms with Crippen LogP contribution >= 0.6 is 0 Å². The van der Waals surface area contributed by atoms with E-state index in [4.69, 9.17) is 0 Å². The highest BCUT2D eigenvalue weighted by atomic mass is 16.1. The van der Waals surface area contributed by atoms with Gasteiger partial charge in [-0.05, 0) is 62.9 Å². The minimum Gasteiger partial charge on any atom is -0.356 e. The van der Waals surface area contributed by atoms with Gasteiger partial charge in [-0.15, -0.1) is 0 Å². The van der Waals surface area contributed by atoms with Crippen LogP contribution < -0.4 is 10.6 Å². The van der Waals surface area contributed by atoms with Gasteiger partial charge in [0, 0.05) is 13.0 Å². The van der Waals surface area contributed by atoms with Gasteiger partial charge in [-0.2, -0.15) is 0 Å². The summed E-state index contributed by atoms with van der Waals surface area (Å²) in [5.74, 6) is 2.78. The van der Waals surface area contributed by atoms with E-state index in [1.807, 2.05) is 0 Å². The fraction of sp³-hybridized carbons (Fsp3) is 0.941. The molecule has 3 nitrogen and oxygen atoms in total. The van der Waals surface area contributed by atoms with Crippen molar-refractivity contribution in [1.29, 1.82) is 0 Å². The van der Waals surface area contributed by atoms with Gasteiger partial charge in [-0.3, -0.25) is 4.79 Å². The predicted octanol–water partition coefficient (Wildman–Crippen LogP) is 3.10. The molecular formula is C17H32N2O. The maximum atomic E-state index is 11.9. The van der Waals surface area contributed by atoms with Crippen LogP contribution in [-0.4, -0.2) is 25.5 Å². The molecule has 0 aromatic carbocycles. The predicted molar refractivity (Wildman–Crippen MR) is 83.6 cm³/mol. The average molecular weight is 280 g/mol. The van der Waals surface area contributed by atoms with Crippen molar-refractivity contribution in [3.8, 4) is 0 Å². The number of carbonyl (C=O) groups is 1. The van der Waals surface area contributed by atoms with Crippen molar-refractivity contribution < 1.29 is 4.79 Å². The van der Waals surface area contributed by atoms with E-state index in [1.54, 1.807) is 0 Å². The lowest BCUT2D eigenvalue weighted by molar-refractivity contribution is -0.121. The minimum absolute atomic E-state index is 0.271. The summed E-state index contributed by atoms with van der Waals surface area (Å²) in [6, 6.07) is 0. The molecule has 3 heteroatoms. The molecule has 116 valence electrons. The first-order chi connectivity index (χ1) is 9.74. The monoisotopic (exact) mass is 280 g/mol. The molecule has 1 amide bonds. The Morgan fingerprint density at radius 3 is 2.65 bits per heavy atom. The smallest absolute Gasteiger partial charge is 0.220 e. The van der Waals surface area contributed by atoms with E-state index in [0.29, 0.717) is 0 Å². The van der Waals surface area contributed by atoms with E-state index in [0.717, 1.165) is 50.2 Å². The maximum absolute atomic E-state index is 11.9. The van der Waals surface area contributed by atoms with Crippen LogP contribution in [0.1, 0.15) is 64.7 Å². The Labute approximate surface area is 124 Å². The zero-order chi connectivity index (χ0) is 14.2. The molecule has 1 heterocycles. The molecule has 0 bridgehead atoms. The summed E-state index contributed by atoms with van der Waals surface area (Å²) in [5, 5.41) is 6.51. The lowest BCUT2D eigenvalue weighted by atomic mass is 9.81. The molecular weight excluding hydrogens is 248 g/mol. The Kier molecular flexibility index (Phi) is 6.85. The van der Waals surface area contributed by atoms with Crippen LogP contribution in [-0.2, 0) is 4.79 Å². The second-order valence-electron chi connectivity index (χ2n) is 7.01. The molecule has 0 aromatic heterocycles. The van der Waals surface area contributed by atoms with E-state index in [-0.39, 0.29) is 5.91 Å². The summed E-state index contributed by atoms with van der Waals surface area (Å²) in [7, 11) is 0. The summed E-state index contributed by atoms with van der Waals surface area (Å²) in [6.07, 6.45) is 11.0. The van der Waals surface area contributed by atoms with Gasteiger partial charge in [-0.1, -0.05) is 26.2 Å². The summed E-state index contributed by atoms with van der Waals surface area (Å²) in [6.45, 7) is 5.52. The number of hydrogen-bond donors (Lipinski definition) is 2. The number of amides is 1. The zero-order valence-electron chi connectivity index (χ0n) is 13.1. The Morgan fingerprint density at radius 2 is 1.90 bits per heavy atom. The number of nitrogens with one attached hydrogen (secondary N) is 2. The lowest BCUT2D eigenvalue weighted by Crippen LogP contribution is -2.30. The summed E-state index contributed by atoms with van der Waals surface area (Å²) in [5.41, 5.74) is 0. The first-order valence-electron chi connectivity index (χ1n) is 8.71. The van der Waals surface area contributed by atoms with Gasteiger partial charge < -0.3 is 10.6 Å². The standard InChI is InChI=1S/C17H32N2O/c1-14-3-2-4-16(13-14)9-12-19-17(20)6-5-15-7-10-18-11-8-15/h14-16,18H,2-13H2,1H3,(H,19,20). The van der Waals surface area contributed by atoms with E-state index in [1.165, 1.54) is 44.9 Å². The minimum atomic E-state index is 0.271. The Morgan fingerprint density at radius 1 is 1.10 bits per heavy atom. The molecule has 0 radical (unpaired) electrons.